The molecule has 1 N–H and O–H groups in total. The molecule has 0 aliphatic heterocycles. The summed E-state index contributed by atoms with van der Waals surface area (Å²) in [7, 11) is 2.04. The number of nitrogens with one attached hydrogen (secondary N) is 1. The quantitative estimate of drug-likeness (QED) is 0.544. The van der Waals surface area contributed by atoms with Crippen molar-refractivity contribution in [3.8, 4) is 0 Å². The lowest BCUT2D eigenvalue weighted by Crippen LogP contribution is -1.79. The van der Waals surface area contributed by atoms with Crippen LogP contribution in [-0.4, -0.2) is 9.55 Å². The van der Waals surface area contributed by atoms with E-state index in [-0.39, 0.29) is 0 Å². The Labute approximate surface area is 53.1 Å². The monoisotopic (exact) mass is 120 g/mol. The molecule has 2 heteroatoms. The molecule has 0 unspecified atom stereocenters. The van der Waals surface area contributed by atoms with Gasteiger partial charge in [0.05, 0.1) is 11.0 Å². The third-order valence-electron chi connectivity index (χ3n) is 1.60. The lowest BCUT2D eigenvalue weighted by atomic mass is 10.5. The highest BCUT2D eigenvalue weighted by Gasteiger charge is 1.94. The van der Waals surface area contributed by atoms with Gasteiger partial charge in [-0.05, 0) is 12.1 Å². The second-order valence-corrected chi connectivity index (χ2v) is 2.20. The molecule has 0 aliphatic carbocycles. The lowest BCUT2D eigenvalue weighted by Gasteiger charge is -1.85. The highest BCUT2D eigenvalue weighted by Crippen LogP contribution is 2.10. The maximum atomic E-state index is 3.12. The summed E-state index contributed by atoms with van der Waals surface area (Å²) in [5.74, 6) is 0. The minimum Gasteiger partial charge on any atom is -0.360 e. The van der Waals surface area contributed by atoms with Crippen LogP contribution in [-0.2, 0) is 7.05 Å². The van der Waals surface area contributed by atoms with Gasteiger partial charge in [-0.15, -0.1) is 0 Å². The van der Waals surface area contributed by atoms with E-state index < -0.39 is 0 Å². The summed E-state index contributed by atoms with van der Waals surface area (Å²) in [6.45, 7) is 0. The van der Waals surface area contributed by atoms with Gasteiger partial charge in [0.15, 0.2) is 0 Å². The molecule has 2 nitrogen and oxygen atoms in total. The first-order valence-electron chi connectivity index (χ1n) is 2.96. The van der Waals surface area contributed by atoms with Crippen molar-refractivity contribution in [1.82, 2.24) is 9.55 Å². The van der Waals surface area contributed by atoms with E-state index in [1.165, 1.54) is 11.0 Å². The number of aromatic nitrogens is 2. The number of hydrogen-bond acceptors (Lipinski definition) is 0. The molecular formula is C7H8N2. The van der Waals surface area contributed by atoms with Gasteiger partial charge in [-0.1, -0.05) is 0 Å². The number of fused-ring (bicyclic) bond motifs is 1. The Balaban J connectivity index is 2.99. The summed E-state index contributed by atoms with van der Waals surface area (Å²) >= 11 is 0. The molecular weight excluding hydrogens is 112 g/mol. The van der Waals surface area contributed by atoms with Gasteiger partial charge in [-0.2, -0.15) is 0 Å². The van der Waals surface area contributed by atoms with Gasteiger partial charge in [0.25, 0.3) is 0 Å². The van der Waals surface area contributed by atoms with Crippen LogP contribution in [0.3, 0.4) is 0 Å². The number of H-pyrrole nitrogens is 1. The van der Waals surface area contributed by atoms with E-state index >= 15 is 0 Å². The third-order valence-corrected chi connectivity index (χ3v) is 1.60. The van der Waals surface area contributed by atoms with E-state index in [9.17, 15) is 0 Å². The summed E-state index contributed by atoms with van der Waals surface area (Å²) < 4.78 is 2.09. The van der Waals surface area contributed by atoms with Crippen molar-refractivity contribution in [2.75, 3.05) is 0 Å². The van der Waals surface area contributed by atoms with E-state index in [0.717, 1.165) is 0 Å². The van der Waals surface area contributed by atoms with Crippen LogP contribution >= 0.6 is 0 Å². The Morgan fingerprint density at radius 3 is 3.11 bits per heavy atom. The molecule has 46 valence electrons. The van der Waals surface area contributed by atoms with Gasteiger partial charge in [0.2, 0.25) is 0 Å². The Morgan fingerprint density at radius 1 is 1.44 bits per heavy atom. The van der Waals surface area contributed by atoms with Crippen LogP contribution in [0.15, 0.2) is 24.5 Å². The summed E-state index contributed by atoms with van der Waals surface area (Å²) in [4.78, 5) is 3.12. The minimum atomic E-state index is 1.21. The molecule has 0 atom stereocenters. The first-order chi connectivity index (χ1) is 4.38. The number of nitrogens with zero attached hydrogens (tertiary/aromatic N) is 1. The van der Waals surface area contributed by atoms with Crippen LogP contribution in [0, 0.1) is 0 Å². The van der Waals surface area contributed by atoms with E-state index in [1.807, 2.05) is 19.4 Å². The van der Waals surface area contributed by atoms with Crippen LogP contribution in [0.4, 0.5) is 0 Å². The van der Waals surface area contributed by atoms with Crippen molar-refractivity contribution >= 4 is 11.0 Å². The molecule has 0 fully saturated rings. The van der Waals surface area contributed by atoms with Crippen molar-refractivity contribution in [1.29, 1.82) is 0 Å². The Bertz CT molecular complexity index is 316. The predicted molar refractivity (Wildman–Crippen MR) is 37.3 cm³/mol. The first-order valence-corrected chi connectivity index (χ1v) is 2.96. The number of aryl methyl sites for hydroxylation is 1. The van der Waals surface area contributed by atoms with Gasteiger partial charge in [-0.25, -0.2) is 0 Å². The minimum absolute atomic E-state index is 1.21. The Kier molecular flexibility index (Phi) is 0.730. The zero-order chi connectivity index (χ0) is 6.27. The molecule has 2 heterocycles. The molecule has 0 aliphatic rings. The van der Waals surface area contributed by atoms with Crippen molar-refractivity contribution in [3.63, 3.8) is 0 Å². The Morgan fingerprint density at radius 2 is 2.33 bits per heavy atom. The fourth-order valence-corrected chi connectivity index (χ4v) is 1.08. The molecule has 0 spiro atoms. The van der Waals surface area contributed by atoms with Crippen molar-refractivity contribution in [2.24, 2.45) is 7.05 Å². The lowest BCUT2D eigenvalue weighted by molar-refractivity contribution is 0.970. The summed E-state index contributed by atoms with van der Waals surface area (Å²) in [6, 6.07) is 4.13. The van der Waals surface area contributed by atoms with Gasteiger partial charge in [0, 0.05) is 19.4 Å². The van der Waals surface area contributed by atoms with Crippen LogP contribution in [0.5, 0.6) is 0 Å². The predicted octanol–water partition coefficient (Wildman–Crippen LogP) is 1.51. The molecule has 0 saturated heterocycles. The summed E-state index contributed by atoms with van der Waals surface area (Å²) in [5.41, 5.74) is 2.47. The molecule has 2 rings (SSSR count). The van der Waals surface area contributed by atoms with Crippen molar-refractivity contribution in [3.05, 3.63) is 24.5 Å². The molecule has 2 aromatic heterocycles. The second kappa shape index (κ2) is 1.41. The van der Waals surface area contributed by atoms with Crippen LogP contribution in [0.1, 0.15) is 0 Å². The maximum absolute atomic E-state index is 3.12. The average Bonchev–Trinajstić information content (AvgIpc) is 2.35. The summed E-state index contributed by atoms with van der Waals surface area (Å²) in [6.07, 6.45) is 3.99. The van der Waals surface area contributed by atoms with Crippen LogP contribution in [0.2, 0.25) is 0 Å². The average molecular weight is 120 g/mol. The first kappa shape index (κ1) is 4.68. The van der Waals surface area contributed by atoms with E-state index in [2.05, 4.69) is 21.7 Å². The summed E-state index contributed by atoms with van der Waals surface area (Å²) in [5, 5.41) is 0. The van der Waals surface area contributed by atoms with Gasteiger partial charge >= 0.3 is 0 Å². The Hall–Kier alpha value is -1.18. The molecule has 0 amide bonds. The topological polar surface area (TPSA) is 20.7 Å². The SMILES string of the molecule is Cn1ccc2[nH]ccc21. The standard InChI is InChI=1S/C7H8N2/c1-9-5-3-6-7(9)2-4-8-6/h2-5,8H,1H3. The zero-order valence-electron chi connectivity index (χ0n) is 5.26. The van der Waals surface area contributed by atoms with Gasteiger partial charge in [-0.3, -0.25) is 0 Å². The number of hydrogen-bond donors (Lipinski definition) is 1. The highest BCUT2D eigenvalue weighted by atomic mass is 14.9. The van der Waals surface area contributed by atoms with Gasteiger partial charge in [0.1, 0.15) is 0 Å². The molecule has 9 heavy (non-hydrogen) atoms. The molecule has 0 aromatic carbocycles. The zero-order valence-corrected chi connectivity index (χ0v) is 5.26. The largest absolute Gasteiger partial charge is 0.360 e. The highest BCUT2D eigenvalue weighted by molar-refractivity contribution is 5.76. The molecule has 0 radical (unpaired) electrons. The maximum Gasteiger partial charge on any atom is 0.0657 e. The van der Waals surface area contributed by atoms with E-state index in [1.54, 1.807) is 0 Å². The van der Waals surface area contributed by atoms with Crippen LogP contribution < -0.4 is 0 Å². The van der Waals surface area contributed by atoms with E-state index in [4.69, 9.17) is 0 Å². The fourth-order valence-electron chi connectivity index (χ4n) is 1.08. The third kappa shape index (κ3) is 0.499. The second-order valence-electron chi connectivity index (χ2n) is 2.20. The molecule has 0 saturated carbocycles. The number of aromatic amines is 1. The van der Waals surface area contributed by atoms with E-state index in [0.29, 0.717) is 0 Å². The number of rotatable bonds is 0. The normalized spacial score (nSPS) is 10.8. The van der Waals surface area contributed by atoms with Gasteiger partial charge < -0.3 is 9.55 Å². The molecule has 0 bridgehead atoms. The fraction of sp³-hybridized carbons (Fsp3) is 0.143. The van der Waals surface area contributed by atoms with Crippen molar-refractivity contribution < 1.29 is 0 Å². The van der Waals surface area contributed by atoms with Crippen LogP contribution in [0.25, 0.3) is 11.0 Å². The smallest absolute Gasteiger partial charge is 0.0657 e. The van der Waals surface area contributed by atoms with Crippen molar-refractivity contribution in [2.45, 2.75) is 0 Å². The molecule has 2 aromatic rings.